The smallest absolute Gasteiger partial charge is 0.330 e. The topological polar surface area (TPSA) is 87.1 Å². The summed E-state index contributed by atoms with van der Waals surface area (Å²) >= 11 is 0. The zero-order valence-electron chi connectivity index (χ0n) is 32.8. The largest absolute Gasteiger partial charge is 0.492 e. The van der Waals surface area contributed by atoms with Gasteiger partial charge in [0.05, 0.1) is 12.1 Å². The zero-order valence-corrected chi connectivity index (χ0v) is 32.8. The number of rotatable bonds is 9. The molecular formula is C46H51N5O4. The molecule has 0 bridgehead atoms. The third kappa shape index (κ3) is 7.80. The summed E-state index contributed by atoms with van der Waals surface area (Å²) in [5.74, 6) is 0.657. The summed E-state index contributed by atoms with van der Waals surface area (Å²) in [5, 5.41) is 3.07. The van der Waals surface area contributed by atoms with Crippen LogP contribution >= 0.6 is 0 Å². The van der Waals surface area contributed by atoms with E-state index in [1.165, 1.54) is 5.56 Å². The van der Waals surface area contributed by atoms with Crippen molar-refractivity contribution in [3.8, 4) is 17.0 Å². The highest BCUT2D eigenvalue weighted by Crippen LogP contribution is 2.38. The second kappa shape index (κ2) is 16.0. The van der Waals surface area contributed by atoms with Gasteiger partial charge in [0.2, 0.25) is 5.91 Å². The minimum absolute atomic E-state index is 0.0149. The van der Waals surface area contributed by atoms with Gasteiger partial charge in [0.25, 0.3) is 5.91 Å². The first-order valence-electron chi connectivity index (χ1n) is 19.2. The van der Waals surface area contributed by atoms with Crippen molar-refractivity contribution >= 4 is 23.5 Å². The van der Waals surface area contributed by atoms with Crippen LogP contribution in [0.15, 0.2) is 91.0 Å². The van der Waals surface area contributed by atoms with E-state index in [2.05, 4.69) is 41.4 Å². The van der Waals surface area contributed by atoms with Crippen LogP contribution in [-0.2, 0) is 37.1 Å². The molecule has 0 fully saturated rings. The summed E-state index contributed by atoms with van der Waals surface area (Å²) in [5.41, 5.74) is 10.7. The first-order chi connectivity index (χ1) is 26.5. The third-order valence-electron chi connectivity index (χ3n) is 11.3. The molecule has 55 heavy (non-hydrogen) atoms. The summed E-state index contributed by atoms with van der Waals surface area (Å²) in [6.07, 6.45) is 1.62. The quantitative estimate of drug-likeness (QED) is 0.167. The maximum atomic E-state index is 15.0. The minimum atomic E-state index is -0.283. The van der Waals surface area contributed by atoms with E-state index in [0.717, 1.165) is 63.4 Å². The monoisotopic (exact) mass is 737 g/mol. The molecule has 1 N–H and O–H groups in total. The number of likely N-dealkylation sites (N-methyl/N-ethyl adjacent to an activating group) is 1. The molecule has 0 unspecified atom stereocenters. The molecule has 0 radical (unpaired) electrons. The van der Waals surface area contributed by atoms with Gasteiger partial charge in [-0.15, -0.1) is 0 Å². The number of nitrogens with one attached hydrogen (secondary N) is 1. The van der Waals surface area contributed by atoms with Gasteiger partial charge >= 0.3 is 6.03 Å². The van der Waals surface area contributed by atoms with Crippen LogP contribution in [0, 0.1) is 20.8 Å². The van der Waals surface area contributed by atoms with Crippen molar-refractivity contribution in [2.75, 3.05) is 39.1 Å². The molecule has 9 nitrogen and oxygen atoms in total. The SMILES string of the molecule is Cc1c(C)c(-c2cc3c(cc2C(=O)N2Cc4ccccc4C[C@H]2C)CN(C(=O)Cc2ccccc2OCCN(C)C)CC3)n(C(=O)Nc2ccccc2)c1C. The number of ether oxygens (including phenoxy) is 1. The van der Waals surface area contributed by atoms with Gasteiger partial charge < -0.3 is 24.8 Å². The number of fused-ring (bicyclic) bond motifs is 2. The number of nitrogens with zero attached hydrogens (tertiary/aromatic N) is 4. The van der Waals surface area contributed by atoms with Gasteiger partial charge in [-0.2, -0.15) is 0 Å². The maximum absolute atomic E-state index is 15.0. The van der Waals surface area contributed by atoms with E-state index in [1.54, 1.807) is 4.57 Å². The van der Waals surface area contributed by atoms with Crippen LogP contribution in [0.3, 0.4) is 0 Å². The van der Waals surface area contributed by atoms with Gasteiger partial charge in [-0.3, -0.25) is 14.2 Å². The lowest BCUT2D eigenvalue weighted by Gasteiger charge is -2.36. The van der Waals surface area contributed by atoms with Gasteiger partial charge in [-0.25, -0.2) is 4.79 Å². The molecule has 0 spiro atoms. The Morgan fingerprint density at radius 3 is 2.29 bits per heavy atom. The molecule has 2 aliphatic heterocycles. The maximum Gasteiger partial charge on any atom is 0.330 e. The Balaban J connectivity index is 1.26. The van der Waals surface area contributed by atoms with Crippen LogP contribution < -0.4 is 10.1 Å². The molecule has 3 heterocycles. The summed E-state index contributed by atoms with van der Waals surface area (Å²) < 4.78 is 7.80. The fraction of sp³-hybridized carbons (Fsp3) is 0.326. The van der Waals surface area contributed by atoms with E-state index in [4.69, 9.17) is 4.74 Å². The van der Waals surface area contributed by atoms with Crippen molar-refractivity contribution in [3.63, 3.8) is 0 Å². The Hall–Kier alpha value is -5.67. The fourth-order valence-electron chi connectivity index (χ4n) is 7.93. The summed E-state index contributed by atoms with van der Waals surface area (Å²) in [4.78, 5) is 49.0. The van der Waals surface area contributed by atoms with Crippen molar-refractivity contribution in [1.29, 1.82) is 0 Å². The van der Waals surface area contributed by atoms with Crippen LogP contribution in [0.25, 0.3) is 11.3 Å². The van der Waals surface area contributed by atoms with Gasteiger partial charge in [0.1, 0.15) is 12.4 Å². The zero-order chi connectivity index (χ0) is 38.8. The molecular weight excluding hydrogens is 687 g/mol. The normalized spacial score (nSPS) is 15.1. The van der Waals surface area contributed by atoms with Crippen molar-refractivity contribution in [2.45, 2.75) is 66.1 Å². The lowest BCUT2D eigenvalue weighted by Crippen LogP contribution is -2.43. The number of anilines is 1. The van der Waals surface area contributed by atoms with Crippen LogP contribution in [0.1, 0.15) is 61.9 Å². The predicted octanol–water partition coefficient (Wildman–Crippen LogP) is 7.82. The number of amides is 3. The number of aromatic nitrogens is 1. The van der Waals surface area contributed by atoms with Crippen molar-refractivity contribution in [2.24, 2.45) is 0 Å². The van der Waals surface area contributed by atoms with E-state index in [-0.39, 0.29) is 30.3 Å². The van der Waals surface area contributed by atoms with Gasteiger partial charge in [0.15, 0.2) is 0 Å². The molecule has 2 aliphatic rings. The number of carbonyl (C=O) groups is 3. The van der Waals surface area contributed by atoms with E-state index in [1.807, 2.05) is 111 Å². The second-order valence-electron chi connectivity index (χ2n) is 15.2. The van der Waals surface area contributed by atoms with Crippen molar-refractivity contribution in [1.82, 2.24) is 19.3 Å². The number of benzene rings is 4. The predicted molar refractivity (Wildman–Crippen MR) is 218 cm³/mol. The van der Waals surface area contributed by atoms with Crippen LogP contribution in [0.2, 0.25) is 0 Å². The van der Waals surface area contributed by atoms with E-state index in [9.17, 15) is 9.59 Å². The highest BCUT2D eigenvalue weighted by molar-refractivity contribution is 6.04. The molecule has 4 aromatic carbocycles. The number of carbonyl (C=O) groups excluding carboxylic acids is 3. The van der Waals surface area contributed by atoms with Gasteiger partial charge in [-0.1, -0.05) is 60.7 Å². The Morgan fingerprint density at radius 1 is 0.818 bits per heavy atom. The second-order valence-corrected chi connectivity index (χ2v) is 15.2. The van der Waals surface area contributed by atoms with Gasteiger partial charge in [-0.05, 0) is 118 Å². The molecule has 7 rings (SSSR count). The highest BCUT2D eigenvalue weighted by Gasteiger charge is 2.33. The average molecular weight is 738 g/mol. The average Bonchev–Trinajstić information content (AvgIpc) is 3.41. The molecule has 3 amide bonds. The Labute approximate surface area is 324 Å². The summed E-state index contributed by atoms with van der Waals surface area (Å²) in [6.45, 7) is 10.9. The number of hydrogen-bond acceptors (Lipinski definition) is 5. The first kappa shape index (κ1) is 37.6. The first-order valence-corrected chi connectivity index (χ1v) is 19.2. The van der Waals surface area contributed by atoms with E-state index in [0.29, 0.717) is 49.6 Å². The van der Waals surface area contributed by atoms with E-state index < -0.39 is 0 Å². The van der Waals surface area contributed by atoms with E-state index >= 15 is 4.79 Å². The molecule has 5 aromatic rings. The van der Waals surface area contributed by atoms with Crippen LogP contribution in [-0.4, -0.2) is 76.9 Å². The third-order valence-corrected chi connectivity index (χ3v) is 11.3. The molecule has 0 saturated heterocycles. The molecule has 1 atom stereocenters. The summed E-state index contributed by atoms with van der Waals surface area (Å²) in [6, 6.07) is 29.3. The Morgan fingerprint density at radius 2 is 1.53 bits per heavy atom. The Kier molecular flexibility index (Phi) is 10.9. The lowest BCUT2D eigenvalue weighted by atomic mass is 9.89. The number of para-hydroxylation sites is 2. The fourth-order valence-corrected chi connectivity index (χ4v) is 7.93. The molecule has 9 heteroatoms. The minimum Gasteiger partial charge on any atom is -0.492 e. The molecule has 1 aromatic heterocycles. The highest BCUT2D eigenvalue weighted by atomic mass is 16.5. The van der Waals surface area contributed by atoms with Crippen molar-refractivity contribution in [3.05, 3.63) is 141 Å². The molecule has 0 saturated carbocycles. The summed E-state index contributed by atoms with van der Waals surface area (Å²) in [7, 11) is 4.01. The van der Waals surface area contributed by atoms with Gasteiger partial charge in [0, 0.05) is 60.3 Å². The standard InChI is InChI=1S/C46H51N5O4/c1-30-24-34-14-10-11-16-37(34)29-50(30)45(53)41-26-38-28-49(43(52)27-36-15-12-13-19-42(36)55-23-22-48(5)6)21-20-35(38)25-40(41)44-32(3)31(2)33(4)51(44)46(54)47-39-17-8-7-9-18-39/h7-19,25-26,30H,20-24,27-29H2,1-6H3,(H,47,54)/t30-/m1/s1. The Bertz CT molecular complexity index is 2240. The lowest BCUT2D eigenvalue weighted by molar-refractivity contribution is -0.131. The van der Waals surface area contributed by atoms with Crippen molar-refractivity contribution < 1.29 is 19.1 Å². The van der Waals surface area contributed by atoms with Crippen LogP contribution in [0.5, 0.6) is 5.75 Å². The molecule has 0 aliphatic carbocycles. The number of hydrogen-bond donors (Lipinski definition) is 1. The molecule has 284 valence electrons. The van der Waals surface area contributed by atoms with Crippen LogP contribution in [0.4, 0.5) is 10.5 Å².